The molecule has 66 valence electrons. The summed E-state index contributed by atoms with van der Waals surface area (Å²) in [4.78, 5) is 4.32. The predicted molar refractivity (Wildman–Crippen MR) is 58.8 cm³/mol. The van der Waals surface area contributed by atoms with Crippen molar-refractivity contribution in [1.82, 2.24) is 0 Å². The van der Waals surface area contributed by atoms with E-state index in [4.69, 9.17) is 0 Å². The van der Waals surface area contributed by atoms with E-state index in [9.17, 15) is 0 Å². The maximum Gasteiger partial charge on any atom is 0.133 e. The van der Waals surface area contributed by atoms with Crippen LogP contribution < -0.4 is 0 Å². The molecule has 1 nitrogen and oxygen atoms in total. The van der Waals surface area contributed by atoms with Crippen LogP contribution in [0.1, 0.15) is 19.4 Å². The molecule has 2 rings (SSSR count). The zero-order chi connectivity index (χ0) is 9.26. The minimum absolute atomic E-state index is 0.494. The number of rotatable bonds is 1. The lowest BCUT2D eigenvalue weighted by Crippen LogP contribution is -1.89. The molecule has 1 aromatic heterocycles. The molecule has 0 bridgehead atoms. The van der Waals surface area contributed by atoms with E-state index in [1.54, 1.807) is 11.3 Å². The second-order valence-electron chi connectivity index (χ2n) is 3.35. The molecule has 13 heavy (non-hydrogen) atoms. The van der Waals surface area contributed by atoms with Gasteiger partial charge in [0.15, 0.2) is 0 Å². The molecule has 0 fully saturated rings. The van der Waals surface area contributed by atoms with Gasteiger partial charge < -0.3 is 0 Å². The summed E-state index contributed by atoms with van der Waals surface area (Å²) in [6.45, 7) is 4.31. The molecular weight excluding hydrogens is 178 g/mol. The van der Waals surface area contributed by atoms with E-state index in [1.165, 1.54) is 11.1 Å². The van der Waals surface area contributed by atoms with Crippen LogP contribution >= 0.6 is 11.3 Å². The largest absolute Gasteiger partial charge is 0.194 e. The molecule has 0 atom stereocenters. The summed E-state index contributed by atoms with van der Waals surface area (Å²) in [5.74, 6) is 3.58. The Bertz CT molecular complexity index is 403. The van der Waals surface area contributed by atoms with Crippen molar-refractivity contribution in [3.8, 4) is 0 Å². The molecule has 0 aliphatic carbocycles. The molecule has 0 radical (unpaired) electrons. The summed E-state index contributed by atoms with van der Waals surface area (Å²) in [6.07, 6.45) is 4.22. The normalized spacial score (nSPS) is 14.2. The third kappa shape index (κ3) is 1.64. The highest BCUT2D eigenvalue weighted by atomic mass is 32.1. The number of thiophene rings is 1. The van der Waals surface area contributed by atoms with E-state index in [2.05, 4.69) is 48.3 Å². The Morgan fingerprint density at radius 2 is 2.23 bits per heavy atom. The van der Waals surface area contributed by atoms with Crippen LogP contribution in [0.3, 0.4) is 0 Å². The third-order valence-electron chi connectivity index (χ3n) is 2.03. The fourth-order valence-corrected chi connectivity index (χ4v) is 1.90. The molecule has 2 heterocycles. The van der Waals surface area contributed by atoms with Gasteiger partial charge in [0.05, 0.1) is 0 Å². The summed E-state index contributed by atoms with van der Waals surface area (Å²) in [5.41, 5.74) is 2.37. The van der Waals surface area contributed by atoms with Crippen molar-refractivity contribution < 1.29 is 0 Å². The van der Waals surface area contributed by atoms with Crippen LogP contribution in [0, 0.1) is 5.92 Å². The van der Waals surface area contributed by atoms with E-state index in [0.29, 0.717) is 5.92 Å². The second kappa shape index (κ2) is 3.33. The summed E-state index contributed by atoms with van der Waals surface area (Å²) >= 11 is 1.66. The number of nitrogens with zero attached hydrogens (tertiary/aromatic N) is 1. The topological polar surface area (TPSA) is 12.4 Å². The van der Waals surface area contributed by atoms with E-state index >= 15 is 0 Å². The van der Waals surface area contributed by atoms with Crippen molar-refractivity contribution in [2.24, 2.45) is 10.9 Å². The van der Waals surface area contributed by atoms with Gasteiger partial charge in [-0.3, -0.25) is 0 Å². The van der Waals surface area contributed by atoms with Gasteiger partial charge in [-0.25, -0.2) is 0 Å². The summed E-state index contributed by atoms with van der Waals surface area (Å²) in [5, 5.41) is 3.12. The summed E-state index contributed by atoms with van der Waals surface area (Å²) in [6, 6.07) is 2.09. The van der Waals surface area contributed by atoms with Gasteiger partial charge in [-0.05, 0) is 29.3 Å². The van der Waals surface area contributed by atoms with Gasteiger partial charge in [0, 0.05) is 11.1 Å². The highest BCUT2D eigenvalue weighted by Crippen LogP contribution is 2.29. The van der Waals surface area contributed by atoms with E-state index in [1.807, 2.05) is 0 Å². The molecular formula is C11H11NS. The number of fused-ring (bicyclic) bond motifs is 1. The average Bonchev–Trinajstić information content (AvgIpc) is 2.44. The standard InChI is InChI=1S/C11H11NS/c1-8(2)10-4-3-9-5-6-13-11(9)12-7-10/h3-6,8H,1-2H3. The maximum atomic E-state index is 4.32. The van der Waals surface area contributed by atoms with Crippen molar-refractivity contribution in [3.05, 3.63) is 28.7 Å². The van der Waals surface area contributed by atoms with Gasteiger partial charge in [0.2, 0.25) is 0 Å². The molecule has 0 saturated heterocycles. The van der Waals surface area contributed by atoms with Crippen molar-refractivity contribution in [1.29, 1.82) is 0 Å². The third-order valence-corrected chi connectivity index (χ3v) is 2.85. The van der Waals surface area contributed by atoms with Crippen LogP contribution in [-0.4, -0.2) is 5.87 Å². The van der Waals surface area contributed by atoms with E-state index in [0.717, 1.165) is 5.00 Å². The van der Waals surface area contributed by atoms with Gasteiger partial charge in [-0.2, -0.15) is 4.99 Å². The zero-order valence-corrected chi connectivity index (χ0v) is 8.56. The van der Waals surface area contributed by atoms with Crippen molar-refractivity contribution in [3.63, 3.8) is 0 Å². The van der Waals surface area contributed by atoms with Crippen LogP contribution in [0.5, 0.6) is 0 Å². The lowest BCUT2D eigenvalue weighted by Gasteiger charge is -1.99. The van der Waals surface area contributed by atoms with Crippen molar-refractivity contribution in [2.75, 3.05) is 0 Å². The Hall–Kier alpha value is -1.11. The number of aliphatic imine (C=N–C) groups is 1. The minimum Gasteiger partial charge on any atom is -0.194 e. The maximum absolute atomic E-state index is 4.32. The molecule has 0 spiro atoms. The molecule has 2 heteroatoms. The molecule has 0 aromatic carbocycles. The monoisotopic (exact) mass is 189 g/mol. The van der Waals surface area contributed by atoms with Gasteiger partial charge >= 0.3 is 0 Å². The molecule has 1 aliphatic rings. The molecule has 0 N–H and O–H groups in total. The van der Waals surface area contributed by atoms with Crippen LogP contribution in [0.4, 0.5) is 5.00 Å². The van der Waals surface area contributed by atoms with Crippen LogP contribution in [0.15, 0.2) is 28.1 Å². The Morgan fingerprint density at radius 3 is 3.00 bits per heavy atom. The first-order valence-corrected chi connectivity index (χ1v) is 5.24. The van der Waals surface area contributed by atoms with Gasteiger partial charge in [0.1, 0.15) is 5.00 Å². The molecule has 1 aromatic rings. The Kier molecular flexibility index (Phi) is 2.17. The molecule has 0 saturated carbocycles. The zero-order valence-electron chi connectivity index (χ0n) is 7.74. The quantitative estimate of drug-likeness (QED) is 0.639. The van der Waals surface area contributed by atoms with Crippen molar-refractivity contribution in [2.45, 2.75) is 13.8 Å². The SMILES string of the molecule is CC(C)C1=C=Nc2sccc2C=C1. The number of hydrogen-bond donors (Lipinski definition) is 0. The van der Waals surface area contributed by atoms with Gasteiger partial charge in [-0.15, -0.1) is 11.3 Å². The first-order chi connectivity index (χ1) is 6.27. The smallest absolute Gasteiger partial charge is 0.133 e. The predicted octanol–water partition coefficient (Wildman–Crippen LogP) is 3.66. The van der Waals surface area contributed by atoms with E-state index < -0.39 is 0 Å². The lowest BCUT2D eigenvalue weighted by molar-refractivity contribution is 0.802. The van der Waals surface area contributed by atoms with Crippen LogP contribution in [0.2, 0.25) is 0 Å². The van der Waals surface area contributed by atoms with Gasteiger partial charge in [0.25, 0.3) is 0 Å². The highest BCUT2D eigenvalue weighted by molar-refractivity contribution is 7.14. The van der Waals surface area contributed by atoms with Crippen LogP contribution in [0.25, 0.3) is 6.08 Å². The first kappa shape index (κ1) is 8.49. The average molecular weight is 189 g/mol. The minimum atomic E-state index is 0.494. The van der Waals surface area contributed by atoms with Gasteiger partial charge in [-0.1, -0.05) is 19.9 Å². The van der Waals surface area contributed by atoms with E-state index in [-0.39, 0.29) is 0 Å². The fourth-order valence-electron chi connectivity index (χ4n) is 1.18. The Labute approximate surface area is 82.1 Å². The Morgan fingerprint density at radius 1 is 1.38 bits per heavy atom. The molecule has 0 amide bonds. The summed E-state index contributed by atoms with van der Waals surface area (Å²) < 4.78 is 0. The highest BCUT2D eigenvalue weighted by Gasteiger charge is 2.04. The second-order valence-corrected chi connectivity index (χ2v) is 4.24. The lowest BCUT2D eigenvalue weighted by atomic mass is 10.0. The Balaban J connectivity index is 2.47. The van der Waals surface area contributed by atoms with Crippen LogP contribution in [-0.2, 0) is 0 Å². The molecule has 0 unspecified atom stereocenters. The summed E-state index contributed by atoms with van der Waals surface area (Å²) in [7, 11) is 0. The van der Waals surface area contributed by atoms with Crippen molar-refractivity contribution >= 4 is 28.3 Å². The first-order valence-electron chi connectivity index (χ1n) is 4.36. The fraction of sp³-hybridized carbons (Fsp3) is 0.273. The number of allylic oxidation sites excluding steroid dienone is 2. The molecule has 1 aliphatic heterocycles. The number of hydrogen-bond acceptors (Lipinski definition) is 2.